The van der Waals surface area contributed by atoms with Crippen molar-refractivity contribution in [3.8, 4) is 5.75 Å². The topological polar surface area (TPSA) is 68.9 Å². The summed E-state index contributed by atoms with van der Waals surface area (Å²) >= 11 is 0. The lowest BCUT2D eigenvalue weighted by atomic mass is 10.1. The number of ether oxygens (including phenoxy) is 2. The number of nitrogens with two attached hydrogens (primary N) is 1. The van der Waals surface area contributed by atoms with Crippen LogP contribution in [-0.2, 0) is 11.3 Å². The van der Waals surface area contributed by atoms with Gasteiger partial charge in [-0.05, 0) is 25.0 Å². The van der Waals surface area contributed by atoms with E-state index in [-0.39, 0.29) is 24.0 Å². The fraction of sp³-hybridized carbons (Fsp3) is 0.471. The first-order valence-electron chi connectivity index (χ1n) is 7.64. The van der Waals surface area contributed by atoms with Crippen LogP contribution in [0.15, 0.2) is 35.8 Å². The summed E-state index contributed by atoms with van der Waals surface area (Å²) in [5.41, 5.74) is 8.00. The van der Waals surface area contributed by atoms with Crippen molar-refractivity contribution in [2.24, 2.45) is 16.6 Å². The van der Waals surface area contributed by atoms with E-state index in [0.29, 0.717) is 31.6 Å². The Bertz CT molecular complexity index is 529. The van der Waals surface area contributed by atoms with Crippen LogP contribution in [0.3, 0.4) is 0 Å². The summed E-state index contributed by atoms with van der Waals surface area (Å²) in [6.07, 6.45) is 2.81. The van der Waals surface area contributed by atoms with Gasteiger partial charge in [0.25, 0.3) is 0 Å². The second-order valence-corrected chi connectivity index (χ2v) is 5.52. The summed E-state index contributed by atoms with van der Waals surface area (Å²) < 4.78 is 11.4. The maximum atomic E-state index is 5.99. The maximum absolute atomic E-state index is 5.99. The molecule has 0 aromatic heterocycles. The Morgan fingerprint density at radius 2 is 2.39 bits per heavy atom. The predicted octanol–water partition coefficient (Wildman–Crippen LogP) is 2.62. The molecule has 1 fully saturated rings. The molecule has 1 aliphatic rings. The Morgan fingerprint density at radius 3 is 3.09 bits per heavy atom. The van der Waals surface area contributed by atoms with Crippen LogP contribution in [-0.4, -0.2) is 32.3 Å². The highest BCUT2D eigenvalue weighted by Gasteiger charge is 2.17. The molecule has 1 atom stereocenters. The normalized spacial score (nSPS) is 17.4. The molecule has 0 bridgehead atoms. The highest BCUT2D eigenvalue weighted by molar-refractivity contribution is 14.0. The molecular formula is C17H26IN3O2. The summed E-state index contributed by atoms with van der Waals surface area (Å²) in [5, 5.41) is 2.96. The summed E-state index contributed by atoms with van der Waals surface area (Å²) in [7, 11) is 0. The average Bonchev–Trinajstić information content (AvgIpc) is 3.03. The summed E-state index contributed by atoms with van der Waals surface area (Å²) in [6.45, 7) is 9.10. The van der Waals surface area contributed by atoms with Crippen molar-refractivity contribution in [3.63, 3.8) is 0 Å². The minimum atomic E-state index is 0. The van der Waals surface area contributed by atoms with Gasteiger partial charge in [0.15, 0.2) is 5.96 Å². The second kappa shape index (κ2) is 10.5. The van der Waals surface area contributed by atoms with E-state index in [1.165, 1.54) is 5.56 Å². The minimum Gasteiger partial charge on any atom is -0.493 e. The molecule has 1 unspecified atom stereocenters. The van der Waals surface area contributed by atoms with Crippen molar-refractivity contribution in [2.45, 2.75) is 19.9 Å². The number of nitrogens with one attached hydrogen (secondary N) is 1. The van der Waals surface area contributed by atoms with Crippen molar-refractivity contribution in [1.29, 1.82) is 0 Å². The number of nitrogens with zero attached hydrogens (tertiary/aromatic N) is 1. The van der Waals surface area contributed by atoms with Crippen molar-refractivity contribution in [2.75, 3.05) is 26.4 Å². The highest BCUT2D eigenvalue weighted by atomic mass is 127. The molecule has 23 heavy (non-hydrogen) atoms. The second-order valence-electron chi connectivity index (χ2n) is 5.52. The predicted molar refractivity (Wildman–Crippen MR) is 105 cm³/mol. The Balaban J connectivity index is 0.00000264. The van der Waals surface area contributed by atoms with Crippen molar-refractivity contribution in [1.82, 2.24) is 5.32 Å². The summed E-state index contributed by atoms with van der Waals surface area (Å²) in [4.78, 5) is 4.33. The van der Waals surface area contributed by atoms with E-state index < -0.39 is 0 Å². The number of hydrogen-bond donors (Lipinski definition) is 2. The van der Waals surface area contributed by atoms with Gasteiger partial charge in [-0.1, -0.05) is 18.2 Å². The molecule has 0 spiro atoms. The first kappa shape index (κ1) is 19.8. The molecule has 1 aromatic rings. The van der Waals surface area contributed by atoms with E-state index in [1.54, 1.807) is 6.08 Å². The first-order chi connectivity index (χ1) is 10.7. The van der Waals surface area contributed by atoms with Gasteiger partial charge >= 0.3 is 0 Å². The van der Waals surface area contributed by atoms with Gasteiger partial charge in [0.1, 0.15) is 5.75 Å². The molecule has 0 aliphatic carbocycles. The lowest BCUT2D eigenvalue weighted by Gasteiger charge is -2.14. The van der Waals surface area contributed by atoms with E-state index in [9.17, 15) is 0 Å². The molecule has 1 aromatic carbocycles. The lowest BCUT2D eigenvalue weighted by Crippen LogP contribution is -2.31. The van der Waals surface area contributed by atoms with Crippen LogP contribution in [0.1, 0.15) is 17.5 Å². The van der Waals surface area contributed by atoms with Gasteiger partial charge in [-0.2, -0.15) is 0 Å². The van der Waals surface area contributed by atoms with Crippen molar-refractivity contribution < 1.29 is 9.47 Å². The third-order valence-electron chi connectivity index (χ3n) is 3.57. The van der Waals surface area contributed by atoms with Crippen molar-refractivity contribution in [3.05, 3.63) is 42.0 Å². The van der Waals surface area contributed by atoms with Crippen LogP contribution in [0.25, 0.3) is 0 Å². The van der Waals surface area contributed by atoms with Crippen LogP contribution < -0.4 is 15.8 Å². The zero-order valence-electron chi connectivity index (χ0n) is 13.6. The highest BCUT2D eigenvalue weighted by Crippen LogP contribution is 2.23. The molecule has 1 aliphatic heterocycles. The summed E-state index contributed by atoms with van der Waals surface area (Å²) in [6, 6.07) is 6.15. The number of aryl methyl sites for hydroxylation is 1. The number of hydrogen-bond acceptors (Lipinski definition) is 3. The van der Waals surface area contributed by atoms with Crippen LogP contribution in [0, 0.1) is 12.8 Å². The molecule has 3 N–H and O–H groups in total. The fourth-order valence-corrected chi connectivity index (χ4v) is 2.25. The third-order valence-corrected chi connectivity index (χ3v) is 3.57. The number of guanidine groups is 1. The monoisotopic (exact) mass is 431 g/mol. The Morgan fingerprint density at radius 1 is 1.57 bits per heavy atom. The number of rotatable bonds is 7. The Labute approximate surface area is 155 Å². The number of benzene rings is 1. The van der Waals surface area contributed by atoms with Crippen LogP contribution >= 0.6 is 24.0 Å². The van der Waals surface area contributed by atoms with Gasteiger partial charge in [-0.3, -0.25) is 0 Å². The molecule has 0 amide bonds. The van der Waals surface area contributed by atoms with Gasteiger partial charge < -0.3 is 20.5 Å². The van der Waals surface area contributed by atoms with Crippen molar-refractivity contribution >= 4 is 29.9 Å². The first-order valence-corrected chi connectivity index (χ1v) is 7.64. The van der Waals surface area contributed by atoms with Crippen LogP contribution in [0.4, 0.5) is 0 Å². The SMILES string of the molecule is C=CCNC(N)=NCc1ccc(C)cc1OCC1CCOC1.I. The molecule has 5 nitrogen and oxygen atoms in total. The molecule has 128 valence electrons. The summed E-state index contributed by atoms with van der Waals surface area (Å²) in [5.74, 6) is 1.78. The molecular weight excluding hydrogens is 405 g/mol. The molecule has 1 heterocycles. The third kappa shape index (κ3) is 6.78. The molecule has 0 saturated carbocycles. The number of aliphatic imine (C=N–C) groups is 1. The van der Waals surface area contributed by atoms with Gasteiger partial charge in [0.2, 0.25) is 0 Å². The van der Waals surface area contributed by atoms with Crippen LogP contribution in [0.5, 0.6) is 5.75 Å². The Hall–Kier alpha value is -1.28. The molecule has 0 radical (unpaired) electrons. The minimum absolute atomic E-state index is 0. The van der Waals surface area contributed by atoms with Crippen LogP contribution in [0.2, 0.25) is 0 Å². The van der Waals surface area contributed by atoms with E-state index in [0.717, 1.165) is 30.9 Å². The van der Waals surface area contributed by atoms with E-state index in [2.05, 4.69) is 29.9 Å². The van der Waals surface area contributed by atoms with E-state index in [4.69, 9.17) is 15.2 Å². The fourth-order valence-electron chi connectivity index (χ4n) is 2.25. The van der Waals surface area contributed by atoms with E-state index in [1.807, 2.05) is 12.1 Å². The van der Waals surface area contributed by atoms with Gasteiger partial charge in [0.05, 0.1) is 19.8 Å². The zero-order chi connectivity index (χ0) is 15.8. The van der Waals surface area contributed by atoms with E-state index >= 15 is 0 Å². The van der Waals surface area contributed by atoms with Gasteiger partial charge in [0, 0.05) is 24.6 Å². The quantitative estimate of drug-likeness (QED) is 0.302. The lowest BCUT2D eigenvalue weighted by molar-refractivity contribution is 0.166. The smallest absolute Gasteiger partial charge is 0.189 e. The molecule has 2 rings (SSSR count). The average molecular weight is 431 g/mol. The molecule has 1 saturated heterocycles. The Kier molecular flexibility index (Phi) is 9.01. The van der Waals surface area contributed by atoms with Gasteiger partial charge in [-0.25, -0.2) is 4.99 Å². The molecule has 6 heteroatoms. The maximum Gasteiger partial charge on any atom is 0.189 e. The zero-order valence-corrected chi connectivity index (χ0v) is 15.9. The largest absolute Gasteiger partial charge is 0.493 e. The standard InChI is InChI=1S/C17H25N3O2.HI/c1-3-7-19-17(18)20-10-15-5-4-13(2)9-16(15)22-12-14-6-8-21-11-14;/h3-5,9,14H,1,6-8,10-12H2,2H3,(H3,18,19,20);1H. The number of halogens is 1. The van der Waals surface area contributed by atoms with Gasteiger partial charge in [-0.15, -0.1) is 30.6 Å².